The first kappa shape index (κ1) is 13.4. The number of nitrogens with zero attached hydrogens (tertiary/aromatic N) is 1. The smallest absolute Gasteiger partial charge is 0.00989 e. The Labute approximate surface area is 107 Å². The van der Waals surface area contributed by atoms with Crippen molar-refractivity contribution in [3.05, 3.63) is 0 Å². The Hall–Kier alpha value is -0.0800. The first-order valence-electron chi connectivity index (χ1n) is 7.34. The van der Waals surface area contributed by atoms with Crippen LogP contribution in [0.3, 0.4) is 0 Å². The van der Waals surface area contributed by atoms with E-state index in [1.54, 1.807) is 0 Å². The Balaban J connectivity index is 1.83. The Morgan fingerprint density at radius 1 is 1.18 bits per heavy atom. The predicted octanol–water partition coefficient (Wildman–Crippen LogP) is 3.01. The average molecular weight is 238 g/mol. The molecule has 3 unspecified atom stereocenters. The van der Waals surface area contributed by atoms with Gasteiger partial charge in [0.25, 0.3) is 0 Å². The first-order chi connectivity index (χ1) is 7.87. The molecule has 3 atom stereocenters. The van der Waals surface area contributed by atoms with E-state index in [0.29, 0.717) is 11.5 Å². The lowest BCUT2D eigenvalue weighted by molar-refractivity contribution is 0.116. The largest absolute Gasteiger partial charge is 0.327 e. The lowest BCUT2D eigenvalue weighted by Gasteiger charge is -2.39. The van der Waals surface area contributed by atoms with E-state index in [1.807, 2.05) is 0 Å². The molecule has 0 aromatic heterocycles. The second-order valence-electron chi connectivity index (χ2n) is 7.55. The van der Waals surface area contributed by atoms with Crippen molar-refractivity contribution in [1.82, 2.24) is 4.90 Å². The molecule has 2 saturated heterocycles. The summed E-state index contributed by atoms with van der Waals surface area (Å²) in [5.41, 5.74) is 6.87. The summed E-state index contributed by atoms with van der Waals surface area (Å²) < 4.78 is 0. The monoisotopic (exact) mass is 238 g/mol. The minimum Gasteiger partial charge on any atom is -0.327 e. The number of nitrogens with two attached hydrogens (primary N) is 1. The summed E-state index contributed by atoms with van der Waals surface area (Å²) in [4.78, 5) is 2.60. The maximum Gasteiger partial charge on any atom is 0.00989 e. The van der Waals surface area contributed by atoms with Crippen molar-refractivity contribution in [2.24, 2.45) is 17.1 Å². The Kier molecular flexibility index (Phi) is 3.84. The van der Waals surface area contributed by atoms with E-state index in [2.05, 4.69) is 32.7 Å². The maximum atomic E-state index is 6.43. The van der Waals surface area contributed by atoms with Crippen molar-refractivity contribution in [2.45, 2.75) is 77.4 Å². The van der Waals surface area contributed by atoms with Gasteiger partial charge in [-0.1, -0.05) is 20.8 Å². The van der Waals surface area contributed by atoms with Crippen molar-refractivity contribution >= 4 is 0 Å². The van der Waals surface area contributed by atoms with Gasteiger partial charge in [0.15, 0.2) is 0 Å². The fourth-order valence-electron chi connectivity index (χ4n) is 3.64. The molecular weight excluding hydrogens is 208 g/mol. The second kappa shape index (κ2) is 4.89. The van der Waals surface area contributed by atoms with Gasteiger partial charge in [0, 0.05) is 18.1 Å². The molecule has 100 valence electrons. The Morgan fingerprint density at radius 3 is 2.18 bits per heavy atom. The van der Waals surface area contributed by atoms with Crippen LogP contribution in [-0.2, 0) is 0 Å². The summed E-state index contributed by atoms with van der Waals surface area (Å²) >= 11 is 0. The van der Waals surface area contributed by atoms with E-state index < -0.39 is 0 Å². The fourth-order valence-corrected chi connectivity index (χ4v) is 3.64. The summed E-state index contributed by atoms with van der Waals surface area (Å²) in [6.45, 7) is 6.95. The molecule has 2 nitrogen and oxygen atoms in total. The summed E-state index contributed by atoms with van der Waals surface area (Å²) in [6, 6.07) is 2.10. The summed E-state index contributed by atoms with van der Waals surface area (Å²) in [5, 5.41) is 0. The molecule has 0 aromatic rings. The topological polar surface area (TPSA) is 29.3 Å². The van der Waals surface area contributed by atoms with Gasteiger partial charge < -0.3 is 10.6 Å². The molecule has 0 amide bonds. The van der Waals surface area contributed by atoms with Gasteiger partial charge in [0.2, 0.25) is 0 Å². The Bertz CT molecular complexity index is 242. The SMILES string of the molecule is CN1C2CCC1CC(C(N)CCC(C)(C)C)C2. The number of hydrogen-bond acceptors (Lipinski definition) is 2. The van der Waals surface area contributed by atoms with E-state index in [0.717, 1.165) is 18.0 Å². The van der Waals surface area contributed by atoms with E-state index in [4.69, 9.17) is 5.73 Å². The highest BCUT2D eigenvalue weighted by atomic mass is 15.2. The molecule has 2 aliphatic heterocycles. The predicted molar refractivity (Wildman–Crippen MR) is 74.0 cm³/mol. The highest BCUT2D eigenvalue weighted by Crippen LogP contribution is 2.39. The average Bonchev–Trinajstić information content (AvgIpc) is 2.50. The van der Waals surface area contributed by atoms with Crippen LogP contribution in [0.15, 0.2) is 0 Å². The zero-order valence-corrected chi connectivity index (χ0v) is 12.1. The highest BCUT2D eigenvalue weighted by molar-refractivity contribution is 4.96. The number of rotatable bonds is 3. The third-order valence-corrected chi connectivity index (χ3v) is 4.97. The van der Waals surface area contributed by atoms with E-state index in [-0.39, 0.29) is 0 Å². The summed E-state index contributed by atoms with van der Waals surface area (Å²) in [7, 11) is 2.30. The minimum atomic E-state index is 0.433. The van der Waals surface area contributed by atoms with Crippen LogP contribution in [0.1, 0.15) is 59.3 Å². The quantitative estimate of drug-likeness (QED) is 0.819. The van der Waals surface area contributed by atoms with Gasteiger partial charge >= 0.3 is 0 Å². The Morgan fingerprint density at radius 2 is 1.71 bits per heavy atom. The van der Waals surface area contributed by atoms with Gasteiger partial charge in [0.05, 0.1) is 0 Å². The van der Waals surface area contributed by atoms with Crippen LogP contribution >= 0.6 is 0 Å². The molecule has 2 aliphatic rings. The van der Waals surface area contributed by atoms with Crippen molar-refractivity contribution in [3.8, 4) is 0 Å². The number of hydrogen-bond donors (Lipinski definition) is 1. The molecule has 2 fully saturated rings. The molecule has 0 spiro atoms. The van der Waals surface area contributed by atoms with Gasteiger partial charge in [-0.3, -0.25) is 0 Å². The van der Waals surface area contributed by atoms with Crippen molar-refractivity contribution in [1.29, 1.82) is 0 Å². The second-order valence-corrected chi connectivity index (χ2v) is 7.55. The molecule has 2 rings (SSSR count). The fraction of sp³-hybridized carbons (Fsp3) is 1.00. The lowest BCUT2D eigenvalue weighted by atomic mass is 9.80. The van der Waals surface area contributed by atoms with Gasteiger partial charge in [-0.05, 0) is 56.9 Å². The molecular formula is C15H30N2. The molecule has 0 aromatic carbocycles. The molecule has 2 heteroatoms. The number of piperidine rings is 1. The molecule has 0 saturated carbocycles. The highest BCUT2D eigenvalue weighted by Gasteiger charge is 2.40. The van der Waals surface area contributed by atoms with Crippen molar-refractivity contribution in [2.75, 3.05) is 7.05 Å². The molecule has 17 heavy (non-hydrogen) atoms. The van der Waals surface area contributed by atoms with Gasteiger partial charge in [-0.15, -0.1) is 0 Å². The van der Waals surface area contributed by atoms with Crippen LogP contribution in [0.25, 0.3) is 0 Å². The van der Waals surface area contributed by atoms with Crippen LogP contribution in [0.4, 0.5) is 0 Å². The first-order valence-corrected chi connectivity index (χ1v) is 7.34. The maximum absolute atomic E-state index is 6.43. The molecule has 2 heterocycles. The minimum absolute atomic E-state index is 0.433. The van der Waals surface area contributed by atoms with Crippen LogP contribution in [-0.4, -0.2) is 30.1 Å². The van der Waals surface area contributed by atoms with E-state index >= 15 is 0 Å². The van der Waals surface area contributed by atoms with Gasteiger partial charge in [-0.25, -0.2) is 0 Å². The van der Waals surface area contributed by atoms with Gasteiger partial charge in [-0.2, -0.15) is 0 Å². The van der Waals surface area contributed by atoms with Crippen molar-refractivity contribution < 1.29 is 0 Å². The van der Waals surface area contributed by atoms with Crippen LogP contribution in [0, 0.1) is 11.3 Å². The summed E-state index contributed by atoms with van der Waals surface area (Å²) in [6.07, 6.45) is 7.97. The molecule has 0 aliphatic carbocycles. The van der Waals surface area contributed by atoms with Crippen molar-refractivity contribution in [3.63, 3.8) is 0 Å². The number of fused-ring (bicyclic) bond motifs is 2. The normalized spacial score (nSPS) is 36.2. The van der Waals surface area contributed by atoms with Crippen LogP contribution in [0.2, 0.25) is 0 Å². The van der Waals surface area contributed by atoms with E-state index in [9.17, 15) is 0 Å². The summed E-state index contributed by atoms with van der Waals surface area (Å²) in [5.74, 6) is 0.783. The van der Waals surface area contributed by atoms with Crippen LogP contribution in [0.5, 0.6) is 0 Å². The lowest BCUT2D eigenvalue weighted by Crippen LogP contribution is -2.45. The van der Waals surface area contributed by atoms with Gasteiger partial charge in [0.1, 0.15) is 0 Å². The van der Waals surface area contributed by atoms with E-state index in [1.165, 1.54) is 38.5 Å². The standard InChI is InChI=1S/C15H30N2/c1-15(2,3)8-7-14(16)11-9-12-5-6-13(10-11)17(12)4/h11-14H,5-10,16H2,1-4H3. The molecule has 2 N–H and O–H groups in total. The third kappa shape index (κ3) is 3.23. The zero-order valence-electron chi connectivity index (χ0n) is 12.1. The third-order valence-electron chi connectivity index (χ3n) is 4.97. The zero-order chi connectivity index (χ0) is 12.6. The molecule has 2 bridgehead atoms. The van der Waals surface area contributed by atoms with Crippen LogP contribution < -0.4 is 5.73 Å². The molecule has 0 radical (unpaired) electrons.